The Labute approximate surface area is 149 Å². The van der Waals surface area contributed by atoms with Gasteiger partial charge >= 0.3 is 0 Å². The van der Waals surface area contributed by atoms with Crippen molar-refractivity contribution in [2.75, 3.05) is 6.61 Å². The lowest BCUT2D eigenvalue weighted by Crippen LogP contribution is -2.43. The molecule has 0 aliphatic heterocycles. The summed E-state index contributed by atoms with van der Waals surface area (Å²) in [4.78, 5) is 16.6. The van der Waals surface area contributed by atoms with Gasteiger partial charge < -0.3 is 19.5 Å². The zero-order valence-corrected chi connectivity index (χ0v) is 14.0. The number of nitrogens with one attached hydrogen (secondary N) is 1. The van der Waals surface area contributed by atoms with Crippen LogP contribution >= 0.6 is 0 Å². The summed E-state index contributed by atoms with van der Waals surface area (Å²) in [6, 6.07) is 11.2. The Balaban J connectivity index is 1.32. The van der Waals surface area contributed by atoms with Crippen LogP contribution in [-0.2, 0) is 6.42 Å². The Kier molecular flexibility index (Phi) is 4.49. The average molecular weight is 354 g/mol. The van der Waals surface area contributed by atoms with Crippen molar-refractivity contribution in [1.29, 1.82) is 0 Å². The van der Waals surface area contributed by atoms with E-state index in [2.05, 4.69) is 20.6 Å². The van der Waals surface area contributed by atoms with E-state index in [1.165, 1.54) is 0 Å². The fourth-order valence-electron chi connectivity index (χ4n) is 2.96. The molecule has 3 aromatic rings. The van der Waals surface area contributed by atoms with Gasteiger partial charge in [0.2, 0.25) is 5.89 Å². The number of carbonyl (C=O) groups excluding carboxylic acids is 1. The van der Waals surface area contributed by atoms with E-state index in [1.807, 2.05) is 30.3 Å². The van der Waals surface area contributed by atoms with Gasteiger partial charge in [0.15, 0.2) is 17.3 Å². The average Bonchev–Trinajstić information content (AvgIpc) is 3.28. The Hall–Kier alpha value is -3.00. The number of nitrogens with zero attached hydrogens (tertiary/aromatic N) is 3. The van der Waals surface area contributed by atoms with Crippen molar-refractivity contribution < 1.29 is 18.9 Å². The van der Waals surface area contributed by atoms with E-state index in [9.17, 15) is 4.79 Å². The predicted octanol–water partition coefficient (Wildman–Crippen LogP) is 1.94. The fourth-order valence-corrected chi connectivity index (χ4v) is 2.96. The number of amides is 1. The summed E-state index contributed by atoms with van der Waals surface area (Å²) in [5, 5.41) is 19.6. The van der Waals surface area contributed by atoms with E-state index < -0.39 is 0 Å². The maximum absolute atomic E-state index is 12.3. The van der Waals surface area contributed by atoms with Crippen LogP contribution in [-0.4, -0.2) is 39.0 Å². The zero-order chi connectivity index (χ0) is 17.9. The van der Waals surface area contributed by atoms with E-state index in [0.29, 0.717) is 23.9 Å². The molecule has 4 rings (SSSR count). The highest BCUT2D eigenvalue weighted by atomic mass is 16.5. The van der Waals surface area contributed by atoms with Crippen LogP contribution in [0.2, 0.25) is 0 Å². The third-order valence-corrected chi connectivity index (χ3v) is 4.45. The minimum absolute atomic E-state index is 0.0202. The molecule has 1 aliphatic carbocycles. The molecule has 26 heavy (non-hydrogen) atoms. The third-order valence-electron chi connectivity index (χ3n) is 4.45. The first-order valence-electron chi connectivity index (χ1n) is 8.49. The third kappa shape index (κ3) is 3.36. The van der Waals surface area contributed by atoms with Crippen molar-refractivity contribution in [1.82, 2.24) is 20.6 Å². The van der Waals surface area contributed by atoms with Crippen molar-refractivity contribution in [2.45, 2.75) is 31.2 Å². The number of hydrogen-bond acceptors (Lipinski definition) is 7. The number of rotatable bonds is 6. The summed E-state index contributed by atoms with van der Waals surface area (Å²) < 4.78 is 10.3. The molecule has 1 fully saturated rings. The molecule has 2 N–H and O–H groups in total. The lowest BCUT2D eigenvalue weighted by Gasteiger charge is -2.33. The van der Waals surface area contributed by atoms with Crippen LogP contribution in [0, 0.1) is 0 Å². The first-order chi connectivity index (χ1) is 12.7. The number of aromatic nitrogens is 3. The fraction of sp³-hybridized carbons (Fsp3) is 0.333. The molecule has 0 unspecified atom stereocenters. The molecular weight excluding hydrogens is 336 g/mol. The van der Waals surface area contributed by atoms with Gasteiger partial charge in [0, 0.05) is 23.6 Å². The number of benzene rings is 1. The summed E-state index contributed by atoms with van der Waals surface area (Å²) in [7, 11) is 0. The van der Waals surface area contributed by atoms with E-state index in [4.69, 9.17) is 14.2 Å². The smallest absolute Gasteiger partial charge is 0.273 e. The number of aliphatic hydroxyl groups is 1. The predicted molar refractivity (Wildman–Crippen MR) is 90.3 cm³/mol. The molecule has 0 atom stereocenters. The zero-order valence-electron chi connectivity index (χ0n) is 14.0. The molecule has 1 saturated carbocycles. The molecule has 0 radical (unpaired) electrons. The molecule has 2 aromatic heterocycles. The topological polar surface area (TPSA) is 114 Å². The van der Waals surface area contributed by atoms with E-state index in [-0.39, 0.29) is 30.2 Å². The van der Waals surface area contributed by atoms with E-state index in [1.54, 1.807) is 6.07 Å². The Bertz CT molecular complexity index is 884. The van der Waals surface area contributed by atoms with Crippen molar-refractivity contribution in [3.05, 3.63) is 53.8 Å². The summed E-state index contributed by atoms with van der Waals surface area (Å²) in [5.74, 6) is 1.53. The van der Waals surface area contributed by atoms with Crippen LogP contribution in [0.5, 0.6) is 0 Å². The van der Waals surface area contributed by atoms with Crippen LogP contribution in [0.3, 0.4) is 0 Å². The summed E-state index contributed by atoms with van der Waals surface area (Å²) >= 11 is 0. The highest BCUT2D eigenvalue weighted by Crippen LogP contribution is 2.35. The van der Waals surface area contributed by atoms with Crippen LogP contribution in [0.4, 0.5) is 0 Å². The van der Waals surface area contributed by atoms with E-state index >= 15 is 0 Å². The van der Waals surface area contributed by atoms with Gasteiger partial charge in [-0.15, -0.1) is 0 Å². The molecule has 0 saturated heterocycles. The largest absolute Gasteiger partial charge is 0.396 e. The SMILES string of the molecule is O=C(NC1CC(c2noc(CCO)n2)C1)c1cc(-c2ccccc2)on1. The second kappa shape index (κ2) is 7.09. The quantitative estimate of drug-likeness (QED) is 0.695. The molecule has 0 bridgehead atoms. The second-order valence-corrected chi connectivity index (χ2v) is 6.30. The molecule has 1 aromatic carbocycles. The van der Waals surface area contributed by atoms with Gasteiger partial charge in [0.1, 0.15) is 0 Å². The molecular formula is C18H18N4O4. The Morgan fingerprint density at radius 2 is 2.00 bits per heavy atom. The molecule has 8 nitrogen and oxygen atoms in total. The first-order valence-corrected chi connectivity index (χ1v) is 8.49. The molecule has 1 amide bonds. The Morgan fingerprint density at radius 1 is 1.19 bits per heavy atom. The first kappa shape index (κ1) is 16.5. The normalized spacial score (nSPS) is 19.1. The van der Waals surface area contributed by atoms with Gasteiger partial charge in [-0.2, -0.15) is 4.98 Å². The van der Waals surface area contributed by atoms with Crippen molar-refractivity contribution in [2.24, 2.45) is 0 Å². The van der Waals surface area contributed by atoms with E-state index in [0.717, 1.165) is 18.4 Å². The van der Waals surface area contributed by atoms with Gasteiger partial charge in [0.05, 0.1) is 13.0 Å². The van der Waals surface area contributed by atoms with Gasteiger partial charge in [0.25, 0.3) is 5.91 Å². The minimum atomic E-state index is -0.256. The van der Waals surface area contributed by atoms with Gasteiger partial charge in [-0.1, -0.05) is 40.6 Å². The Morgan fingerprint density at radius 3 is 2.77 bits per heavy atom. The minimum Gasteiger partial charge on any atom is -0.396 e. The molecule has 134 valence electrons. The number of carbonyl (C=O) groups is 1. The summed E-state index contributed by atoms with van der Waals surface area (Å²) in [6.45, 7) is -0.0202. The number of hydrogen-bond donors (Lipinski definition) is 2. The van der Waals surface area contributed by atoms with Crippen molar-refractivity contribution in [3.8, 4) is 11.3 Å². The molecule has 2 heterocycles. The van der Waals surface area contributed by atoms with Gasteiger partial charge in [-0.25, -0.2) is 0 Å². The highest BCUT2D eigenvalue weighted by Gasteiger charge is 2.35. The highest BCUT2D eigenvalue weighted by molar-refractivity contribution is 5.93. The summed E-state index contributed by atoms with van der Waals surface area (Å²) in [5.41, 5.74) is 1.13. The van der Waals surface area contributed by atoms with Gasteiger partial charge in [-0.05, 0) is 12.8 Å². The molecule has 0 spiro atoms. The van der Waals surface area contributed by atoms with Gasteiger partial charge in [-0.3, -0.25) is 4.79 Å². The van der Waals surface area contributed by atoms with Crippen LogP contribution in [0.15, 0.2) is 45.4 Å². The standard InChI is InChI=1S/C18H18N4O4/c23-7-6-16-20-17(22-26-16)12-8-13(9-12)19-18(24)14-10-15(25-21-14)11-4-2-1-3-5-11/h1-5,10,12-13,23H,6-9H2,(H,19,24). The van der Waals surface area contributed by atoms with Crippen LogP contribution in [0.25, 0.3) is 11.3 Å². The van der Waals surface area contributed by atoms with Crippen LogP contribution < -0.4 is 5.32 Å². The second-order valence-electron chi connectivity index (χ2n) is 6.30. The maximum atomic E-state index is 12.3. The lowest BCUT2D eigenvalue weighted by atomic mass is 9.79. The molecule has 1 aliphatic rings. The van der Waals surface area contributed by atoms with Crippen molar-refractivity contribution >= 4 is 5.91 Å². The lowest BCUT2D eigenvalue weighted by molar-refractivity contribution is 0.0898. The summed E-state index contributed by atoms with van der Waals surface area (Å²) in [6.07, 6.45) is 1.84. The maximum Gasteiger partial charge on any atom is 0.273 e. The number of aliphatic hydroxyl groups excluding tert-OH is 1. The van der Waals surface area contributed by atoms with Crippen LogP contribution in [0.1, 0.15) is 41.0 Å². The monoisotopic (exact) mass is 354 g/mol. The van der Waals surface area contributed by atoms with Crippen molar-refractivity contribution in [3.63, 3.8) is 0 Å². The molecule has 8 heteroatoms.